The van der Waals surface area contributed by atoms with Crippen LogP contribution in [0.25, 0.3) is 0 Å². The van der Waals surface area contributed by atoms with Gasteiger partial charge in [-0.25, -0.2) is 4.79 Å². The monoisotopic (exact) mass is 338 g/mol. The number of para-hydroxylation sites is 1. The highest BCUT2D eigenvalue weighted by atomic mass is 16.5. The zero-order chi connectivity index (χ0) is 17.3. The van der Waals surface area contributed by atoms with Gasteiger partial charge in [0, 0.05) is 30.7 Å². The molecule has 2 bridgehead atoms. The molecule has 25 heavy (non-hydrogen) atoms. The van der Waals surface area contributed by atoms with E-state index in [-0.39, 0.29) is 23.1 Å². The predicted octanol–water partition coefficient (Wildman–Crippen LogP) is 2.54. The summed E-state index contributed by atoms with van der Waals surface area (Å²) >= 11 is 0. The molecule has 130 valence electrons. The van der Waals surface area contributed by atoms with Gasteiger partial charge < -0.3 is 15.2 Å². The number of hydrogen-bond acceptors (Lipinski definition) is 5. The van der Waals surface area contributed by atoms with Crippen LogP contribution in [0.3, 0.4) is 0 Å². The molecule has 0 aromatic heterocycles. The Morgan fingerprint density at radius 2 is 2.32 bits per heavy atom. The number of hydrogen-bond donors (Lipinski definition) is 2. The van der Waals surface area contributed by atoms with Gasteiger partial charge in [0.1, 0.15) is 5.75 Å². The summed E-state index contributed by atoms with van der Waals surface area (Å²) in [6.07, 6.45) is 4.04. The number of nitrogens with one attached hydrogen (secondary N) is 1. The molecule has 2 N–H and O–H groups in total. The number of piperidine rings is 1. The molecule has 3 heterocycles. The summed E-state index contributed by atoms with van der Waals surface area (Å²) < 4.78 is 5.17. The highest BCUT2D eigenvalue weighted by Gasteiger charge is 2.62. The summed E-state index contributed by atoms with van der Waals surface area (Å²) in [7, 11) is 1.45. The minimum Gasteiger partial charge on any atom is -0.506 e. The van der Waals surface area contributed by atoms with E-state index in [0.717, 1.165) is 48.5 Å². The maximum Gasteiger partial charge on any atom is 0.336 e. The lowest BCUT2D eigenvalue weighted by Gasteiger charge is -2.48. The first-order valence-electron chi connectivity index (χ1n) is 8.93. The SMILES string of the molecule is C/C=C1\CN2CCC34C(=C(C(=O)OC)C1CC23)Nc1c(O)cccc14. The normalized spacial score (nSPS) is 33.9. The van der Waals surface area contributed by atoms with E-state index in [9.17, 15) is 9.90 Å². The lowest BCUT2D eigenvalue weighted by molar-refractivity contribution is -0.137. The maximum atomic E-state index is 12.8. The van der Waals surface area contributed by atoms with Crippen molar-refractivity contribution in [1.82, 2.24) is 4.90 Å². The second kappa shape index (κ2) is 4.88. The molecule has 0 amide bonds. The van der Waals surface area contributed by atoms with Gasteiger partial charge in [-0.15, -0.1) is 0 Å². The fourth-order valence-electron chi connectivity index (χ4n) is 5.67. The van der Waals surface area contributed by atoms with E-state index >= 15 is 0 Å². The highest BCUT2D eigenvalue weighted by molar-refractivity contribution is 5.94. The fourth-order valence-corrected chi connectivity index (χ4v) is 5.67. The number of ether oxygens (including phenoxy) is 1. The third kappa shape index (κ3) is 1.64. The minimum absolute atomic E-state index is 0.101. The van der Waals surface area contributed by atoms with Gasteiger partial charge in [-0.05, 0) is 31.4 Å². The number of rotatable bonds is 1. The Kier molecular flexibility index (Phi) is 2.93. The van der Waals surface area contributed by atoms with Crippen molar-refractivity contribution in [3.8, 4) is 5.75 Å². The molecule has 5 nitrogen and oxygen atoms in total. The van der Waals surface area contributed by atoms with Crippen LogP contribution in [-0.2, 0) is 14.9 Å². The first-order valence-corrected chi connectivity index (χ1v) is 8.93. The number of nitrogens with zero attached hydrogens (tertiary/aromatic N) is 1. The van der Waals surface area contributed by atoms with Gasteiger partial charge in [-0.3, -0.25) is 4.90 Å². The van der Waals surface area contributed by atoms with Gasteiger partial charge in [0.15, 0.2) is 0 Å². The number of phenols is 1. The molecule has 4 aliphatic rings. The number of carbonyl (C=O) groups excluding carboxylic acids is 1. The molecule has 2 fully saturated rings. The third-order valence-corrected chi connectivity index (χ3v) is 6.71. The van der Waals surface area contributed by atoms with Crippen molar-refractivity contribution >= 4 is 11.7 Å². The van der Waals surface area contributed by atoms with Crippen LogP contribution < -0.4 is 5.32 Å². The van der Waals surface area contributed by atoms with E-state index in [4.69, 9.17) is 4.74 Å². The van der Waals surface area contributed by atoms with Crippen LogP contribution in [0.15, 0.2) is 41.1 Å². The van der Waals surface area contributed by atoms with E-state index in [1.807, 2.05) is 6.07 Å². The topological polar surface area (TPSA) is 61.8 Å². The number of esters is 1. The largest absolute Gasteiger partial charge is 0.506 e. The van der Waals surface area contributed by atoms with Gasteiger partial charge in [-0.2, -0.15) is 0 Å². The number of benzene rings is 1. The van der Waals surface area contributed by atoms with Crippen LogP contribution in [0.5, 0.6) is 5.75 Å². The van der Waals surface area contributed by atoms with Crippen molar-refractivity contribution in [1.29, 1.82) is 0 Å². The van der Waals surface area contributed by atoms with Crippen molar-refractivity contribution < 1.29 is 14.6 Å². The summed E-state index contributed by atoms with van der Waals surface area (Å²) in [6, 6.07) is 6.06. The average Bonchev–Trinajstić information content (AvgIpc) is 3.18. The summed E-state index contributed by atoms with van der Waals surface area (Å²) in [6.45, 7) is 3.97. The number of aromatic hydroxyl groups is 1. The number of methoxy groups -OCH3 is 1. The Labute approximate surface area is 147 Å². The van der Waals surface area contributed by atoms with Crippen LogP contribution in [0.2, 0.25) is 0 Å². The average molecular weight is 338 g/mol. The van der Waals surface area contributed by atoms with Crippen molar-refractivity contribution in [2.24, 2.45) is 5.92 Å². The zero-order valence-electron chi connectivity index (χ0n) is 14.5. The van der Waals surface area contributed by atoms with E-state index in [2.05, 4.69) is 29.3 Å². The van der Waals surface area contributed by atoms with E-state index in [1.165, 1.54) is 12.7 Å². The Morgan fingerprint density at radius 3 is 3.08 bits per heavy atom. The quantitative estimate of drug-likeness (QED) is 0.468. The number of phenolic OH excluding ortho intramolecular Hbond substituents is 1. The predicted molar refractivity (Wildman–Crippen MR) is 94.3 cm³/mol. The molecule has 3 unspecified atom stereocenters. The lowest BCUT2D eigenvalue weighted by Crippen LogP contribution is -2.53. The van der Waals surface area contributed by atoms with Gasteiger partial charge in [0.25, 0.3) is 0 Å². The number of allylic oxidation sites excluding steroid dienone is 1. The van der Waals surface area contributed by atoms with E-state index < -0.39 is 0 Å². The van der Waals surface area contributed by atoms with E-state index in [0.29, 0.717) is 6.04 Å². The molecule has 5 heteroatoms. The van der Waals surface area contributed by atoms with Gasteiger partial charge in [0.2, 0.25) is 0 Å². The third-order valence-electron chi connectivity index (χ3n) is 6.71. The molecule has 1 aromatic carbocycles. The lowest BCUT2D eigenvalue weighted by atomic mass is 9.62. The highest BCUT2D eigenvalue weighted by Crippen LogP contribution is 2.62. The molecule has 3 atom stereocenters. The van der Waals surface area contributed by atoms with Gasteiger partial charge >= 0.3 is 5.97 Å². The first-order chi connectivity index (χ1) is 12.1. The molecular formula is C20H22N2O3. The van der Waals surface area contributed by atoms with E-state index in [1.54, 1.807) is 6.07 Å². The molecule has 0 radical (unpaired) electrons. The molecule has 1 spiro atoms. The van der Waals surface area contributed by atoms with Gasteiger partial charge in [0.05, 0.1) is 23.8 Å². The summed E-state index contributed by atoms with van der Waals surface area (Å²) in [5, 5.41) is 13.8. The van der Waals surface area contributed by atoms with Crippen molar-refractivity contribution in [3.05, 3.63) is 46.7 Å². The van der Waals surface area contributed by atoms with Crippen molar-refractivity contribution in [3.63, 3.8) is 0 Å². The molecule has 5 rings (SSSR count). The Morgan fingerprint density at radius 1 is 1.48 bits per heavy atom. The van der Waals surface area contributed by atoms with Crippen LogP contribution >= 0.6 is 0 Å². The van der Waals surface area contributed by atoms with Crippen LogP contribution in [-0.4, -0.2) is 42.2 Å². The Bertz CT molecular complexity index is 856. The molecule has 0 saturated carbocycles. The zero-order valence-corrected chi connectivity index (χ0v) is 14.5. The van der Waals surface area contributed by atoms with Crippen molar-refractivity contribution in [2.75, 3.05) is 25.5 Å². The smallest absolute Gasteiger partial charge is 0.336 e. The summed E-state index contributed by atoms with van der Waals surface area (Å²) in [4.78, 5) is 15.3. The molecular weight excluding hydrogens is 316 g/mol. The van der Waals surface area contributed by atoms with Crippen molar-refractivity contribution in [2.45, 2.75) is 31.2 Å². The number of fused-ring (bicyclic) bond motifs is 2. The standard InChI is InChI=1S/C20H22N2O3/c1-3-11-10-22-8-7-20-13-5-4-6-14(23)17(13)21-18(20)16(19(24)25-2)12(11)9-15(20)22/h3-6,12,15,21,23H,7-10H2,1-2H3/b11-3+. The van der Waals surface area contributed by atoms with Crippen LogP contribution in [0, 0.1) is 5.92 Å². The summed E-state index contributed by atoms with van der Waals surface area (Å²) in [5.41, 5.74) is 4.66. The maximum absolute atomic E-state index is 12.8. The number of carbonyl (C=O) groups is 1. The second-order valence-electron chi connectivity index (χ2n) is 7.46. The van der Waals surface area contributed by atoms with Crippen LogP contribution in [0.1, 0.15) is 25.3 Å². The Hall–Kier alpha value is -2.27. The van der Waals surface area contributed by atoms with Crippen LogP contribution in [0.4, 0.5) is 5.69 Å². The Balaban J connectivity index is 1.83. The first kappa shape index (κ1) is 15.0. The second-order valence-corrected chi connectivity index (χ2v) is 7.46. The molecule has 1 aromatic rings. The number of anilines is 1. The summed E-state index contributed by atoms with van der Waals surface area (Å²) in [5.74, 6) is 0.0958. The molecule has 1 aliphatic carbocycles. The fraction of sp³-hybridized carbons (Fsp3) is 0.450. The molecule has 2 saturated heterocycles. The molecule has 3 aliphatic heterocycles. The minimum atomic E-state index is -0.252. The van der Waals surface area contributed by atoms with Gasteiger partial charge in [-0.1, -0.05) is 23.8 Å².